The summed E-state index contributed by atoms with van der Waals surface area (Å²) in [7, 11) is 0. The lowest BCUT2D eigenvalue weighted by atomic mass is 10.3. The number of hydrogen-bond donors (Lipinski definition) is 2. The van der Waals surface area contributed by atoms with Crippen LogP contribution in [-0.2, 0) is 4.79 Å². The lowest BCUT2D eigenvalue weighted by Crippen LogP contribution is -2.62. The van der Waals surface area contributed by atoms with Gasteiger partial charge in [-0.05, 0) is 0 Å². The summed E-state index contributed by atoms with van der Waals surface area (Å²) in [4.78, 5) is 13.4. The van der Waals surface area contributed by atoms with Gasteiger partial charge in [0, 0.05) is 13.1 Å². The van der Waals surface area contributed by atoms with Crippen LogP contribution in [-0.4, -0.2) is 39.6 Å². The van der Waals surface area contributed by atoms with E-state index in [1.807, 2.05) is 0 Å². The maximum atomic E-state index is 11.6. The van der Waals surface area contributed by atoms with Crippen molar-refractivity contribution in [2.75, 3.05) is 13.1 Å². The highest BCUT2D eigenvalue weighted by atomic mass is 127. The van der Waals surface area contributed by atoms with E-state index in [2.05, 4.69) is 33.2 Å². The second kappa shape index (κ2) is 3.28. The molecule has 4 nitrogen and oxygen atoms in total. The van der Waals surface area contributed by atoms with E-state index < -0.39 is 0 Å². The Morgan fingerprint density at radius 1 is 1.67 bits per heavy atom. The van der Waals surface area contributed by atoms with Crippen LogP contribution >= 0.6 is 34.2 Å². The monoisotopic (exact) mass is 301 g/mol. The average Bonchev–Trinajstić information content (AvgIpc) is 2.48. The first-order chi connectivity index (χ1) is 5.70. The van der Waals surface area contributed by atoms with Crippen molar-refractivity contribution in [3.63, 3.8) is 0 Å². The predicted octanol–water partition coefficient (Wildman–Crippen LogP) is -0.327. The van der Waals surface area contributed by atoms with Crippen LogP contribution in [0.5, 0.6) is 0 Å². The van der Waals surface area contributed by atoms with Crippen LogP contribution in [0, 0.1) is 0 Å². The number of nitrogens with one attached hydrogen (secondary N) is 2. The molecule has 0 bridgehead atoms. The molecular formula is C6H9ClIN3O. The Bertz CT molecular complexity index is 215. The van der Waals surface area contributed by atoms with E-state index >= 15 is 0 Å². The zero-order valence-electron chi connectivity index (χ0n) is 6.26. The molecule has 0 radical (unpaired) electrons. The van der Waals surface area contributed by atoms with Gasteiger partial charge in [-0.2, -0.15) is 0 Å². The van der Waals surface area contributed by atoms with Gasteiger partial charge in [-0.3, -0.25) is 15.4 Å². The Morgan fingerprint density at radius 2 is 2.42 bits per heavy atom. The standard InChI is InChI=1S/C6H9ClIN3O/c7-4-3(8)5(12)11-2-1-9-6(11)10-4/h3-4,6,9-10H,1-2H2. The third-order valence-corrected chi connectivity index (χ3v) is 4.15. The van der Waals surface area contributed by atoms with E-state index in [0.717, 1.165) is 13.1 Å². The fraction of sp³-hybridized carbons (Fsp3) is 0.833. The second-order valence-electron chi connectivity index (χ2n) is 2.86. The van der Waals surface area contributed by atoms with Crippen LogP contribution in [0.15, 0.2) is 0 Å². The summed E-state index contributed by atoms with van der Waals surface area (Å²) in [5, 5.41) is 6.26. The Balaban J connectivity index is 2.16. The summed E-state index contributed by atoms with van der Waals surface area (Å²) in [6.07, 6.45) is -0.0500. The number of rotatable bonds is 0. The quantitative estimate of drug-likeness (QED) is 0.366. The summed E-state index contributed by atoms with van der Waals surface area (Å²) in [5.41, 5.74) is -0.259. The van der Waals surface area contributed by atoms with Gasteiger partial charge in [-0.1, -0.05) is 22.6 Å². The molecule has 0 aromatic rings. The van der Waals surface area contributed by atoms with Gasteiger partial charge in [0.25, 0.3) is 0 Å². The van der Waals surface area contributed by atoms with Gasteiger partial charge in [0.2, 0.25) is 5.91 Å². The van der Waals surface area contributed by atoms with Crippen molar-refractivity contribution < 1.29 is 4.79 Å². The van der Waals surface area contributed by atoms with Crippen molar-refractivity contribution in [1.29, 1.82) is 0 Å². The molecule has 3 unspecified atom stereocenters. The fourth-order valence-electron chi connectivity index (χ4n) is 1.47. The highest BCUT2D eigenvalue weighted by Crippen LogP contribution is 2.21. The van der Waals surface area contributed by atoms with Crippen molar-refractivity contribution >= 4 is 40.1 Å². The number of carbonyl (C=O) groups excluding carboxylic acids is 1. The molecule has 1 amide bonds. The first-order valence-electron chi connectivity index (χ1n) is 3.78. The molecule has 0 aliphatic carbocycles. The van der Waals surface area contributed by atoms with E-state index in [0.29, 0.717) is 0 Å². The minimum absolute atomic E-state index is 0.0500. The van der Waals surface area contributed by atoms with Gasteiger partial charge in [0.05, 0.1) is 0 Å². The van der Waals surface area contributed by atoms with Gasteiger partial charge in [0.15, 0.2) is 0 Å². The molecule has 12 heavy (non-hydrogen) atoms. The molecule has 0 saturated carbocycles. The van der Waals surface area contributed by atoms with E-state index in [1.54, 1.807) is 4.90 Å². The maximum absolute atomic E-state index is 11.6. The van der Waals surface area contributed by atoms with E-state index in [4.69, 9.17) is 11.6 Å². The summed E-state index contributed by atoms with van der Waals surface area (Å²) < 4.78 is -0.152. The second-order valence-corrected chi connectivity index (χ2v) is 4.67. The van der Waals surface area contributed by atoms with E-state index in [9.17, 15) is 4.79 Å². The topological polar surface area (TPSA) is 44.4 Å². The van der Waals surface area contributed by atoms with Crippen molar-refractivity contribution in [3.05, 3.63) is 0 Å². The SMILES string of the molecule is O=C1C(I)C(Cl)NC2NCCN12. The molecule has 6 heteroatoms. The number of halogens is 2. The zero-order valence-corrected chi connectivity index (χ0v) is 9.17. The predicted molar refractivity (Wildman–Crippen MR) is 54.1 cm³/mol. The smallest absolute Gasteiger partial charge is 0.240 e. The molecule has 2 aliphatic heterocycles. The Kier molecular flexibility index (Phi) is 2.46. The minimum atomic E-state index is -0.259. The number of amides is 1. The third-order valence-electron chi connectivity index (χ3n) is 2.10. The molecule has 2 N–H and O–H groups in total. The molecule has 2 saturated heterocycles. The number of hydrogen-bond acceptors (Lipinski definition) is 3. The van der Waals surface area contributed by atoms with E-state index in [1.165, 1.54) is 0 Å². The number of carbonyl (C=O) groups is 1. The van der Waals surface area contributed by atoms with Crippen molar-refractivity contribution in [3.8, 4) is 0 Å². The molecule has 3 atom stereocenters. The zero-order chi connectivity index (χ0) is 8.72. The molecule has 2 rings (SSSR count). The van der Waals surface area contributed by atoms with Crippen LogP contribution in [0.4, 0.5) is 0 Å². The van der Waals surface area contributed by atoms with Crippen LogP contribution < -0.4 is 10.6 Å². The summed E-state index contributed by atoms with van der Waals surface area (Å²) >= 11 is 7.99. The lowest BCUT2D eigenvalue weighted by molar-refractivity contribution is -0.134. The van der Waals surface area contributed by atoms with Crippen LogP contribution in [0.3, 0.4) is 0 Å². The van der Waals surface area contributed by atoms with Gasteiger partial charge in [-0.25, -0.2) is 0 Å². The van der Waals surface area contributed by atoms with Crippen molar-refractivity contribution in [1.82, 2.24) is 15.5 Å². The summed E-state index contributed by atoms with van der Waals surface area (Å²) in [6.45, 7) is 1.62. The normalized spacial score (nSPS) is 41.7. The van der Waals surface area contributed by atoms with Crippen LogP contribution in [0.2, 0.25) is 0 Å². The third kappa shape index (κ3) is 1.32. The van der Waals surface area contributed by atoms with E-state index in [-0.39, 0.29) is 21.6 Å². The molecule has 2 aliphatic rings. The van der Waals surface area contributed by atoms with Crippen molar-refractivity contribution in [2.24, 2.45) is 0 Å². The molecule has 0 aromatic heterocycles. The Morgan fingerprint density at radius 3 is 3.17 bits per heavy atom. The first kappa shape index (κ1) is 8.98. The number of fused-ring (bicyclic) bond motifs is 1. The minimum Gasteiger partial charge on any atom is -0.312 e. The molecule has 0 spiro atoms. The number of alkyl halides is 2. The highest BCUT2D eigenvalue weighted by molar-refractivity contribution is 14.1. The van der Waals surface area contributed by atoms with Gasteiger partial charge in [0.1, 0.15) is 15.7 Å². The molecule has 68 valence electrons. The molecule has 2 fully saturated rings. The Hall–Kier alpha value is 0.410. The first-order valence-corrected chi connectivity index (χ1v) is 5.46. The molecular weight excluding hydrogens is 292 g/mol. The fourth-order valence-corrected chi connectivity index (χ4v) is 2.26. The molecule has 2 heterocycles. The van der Waals surface area contributed by atoms with Crippen LogP contribution in [0.1, 0.15) is 0 Å². The lowest BCUT2D eigenvalue weighted by Gasteiger charge is -2.35. The van der Waals surface area contributed by atoms with Crippen LogP contribution in [0.25, 0.3) is 0 Å². The number of nitrogens with zero attached hydrogens (tertiary/aromatic N) is 1. The highest BCUT2D eigenvalue weighted by Gasteiger charge is 2.41. The van der Waals surface area contributed by atoms with Gasteiger partial charge < -0.3 is 4.90 Å². The van der Waals surface area contributed by atoms with Gasteiger partial charge in [-0.15, -0.1) is 11.6 Å². The summed E-state index contributed by atoms with van der Waals surface area (Å²) in [5.74, 6) is 0.129. The Labute approximate surface area is 89.1 Å². The summed E-state index contributed by atoms with van der Waals surface area (Å²) in [6, 6.07) is 0. The van der Waals surface area contributed by atoms with Crippen molar-refractivity contribution in [2.45, 2.75) is 15.7 Å². The average molecular weight is 302 g/mol. The van der Waals surface area contributed by atoms with Gasteiger partial charge >= 0.3 is 0 Å². The maximum Gasteiger partial charge on any atom is 0.240 e. The molecule has 0 aromatic carbocycles. The largest absolute Gasteiger partial charge is 0.312 e.